The van der Waals surface area contributed by atoms with Crippen LogP contribution in [0.5, 0.6) is 0 Å². The van der Waals surface area contributed by atoms with Crippen molar-refractivity contribution in [3.63, 3.8) is 0 Å². The number of hydrogen-bond acceptors (Lipinski definition) is 7. The lowest BCUT2D eigenvalue weighted by Gasteiger charge is -2.16. The molecule has 30 heavy (non-hydrogen) atoms. The predicted octanol–water partition coefficient (Wildman–Crippen LogP) is 1.91. The van der Waals surface area contributed by atoms with Gasteiger partial charge in [-0.25, -0.2) is 9.51 Å². The maximum Gasteiger partial charge on any atom is 0.183 e. The van der Waals surface area contributed by atoms with Gasteiger partial charge in [-0.15, -0.1) is 5.10 Å². The number of likely N-dealkylation sites (tertiary alicyclic amines) is 1. The highest BCUT2D eigenvalue weighted by Gasteiger charge is 2.19. The summed E-state index contributed by atoms with van der Waals surface area (Å²) in [6.45, 7) is 6.18. The maximum absolute atomic E-state index is 12.1. The van der Waals surface area contributed by atoms with Crippen LogP contribution in [-0.4, -0.2) is 70.4 Å². The fraction of sp³-hybridized carbons (Fsp3) is 0.409. The number of allylic oxidation sites excluding steroid dienone is 3. The fourth-order valence-corrected chi connectivity index (χ4v) is 3.77. The van der Waals surface area contributed by atoms with Gasteiger partial charge >= 0.3 is 0 Å². The Morgan fingerprint density at radius 1 is 1.17 bits per heavy atom. The number of aliphatic hydroxyl groups is 1. The number of fused-ring (bicyclic) bond motifs is 1. The van der Waals surface area contributed by atoms with Crippen molar-refractivity contribution in [3.8, 4) is 0 Å². The summed E-state index contributed by atoms with van der Waals surface area (Å²) >= 11 is 0. The second kappa shape index (κ2) is 9.23. The quantitative estimate of drug-likeness (QED) is 0.578. The highest BCUT2D eigenvalue weighted by Crippen LogP contribution is 2.31. The van der Waals surface area contributed by atoms with Crippen molar-refractivity contribution in [3.05, 3.63) is 47.8 Å². The number of aliphatic imine (C=N–C) groups is 1. The van der Waals surface area contributed by atoms with Gasteiger partial charge in [0.05, 0.1) is 23.5 Å². The van der Waals surface area contributed by atoms with Gasteiger partial charge in [-0.3, -0.25) is 4.79 Å². The Balaban J connectivity index is 1.65. The van der Waals surface area contributed by atoms with Crippen LogP contribution in [0, 0.1) is 0 Å². The van der Waals surface area contributed by atoms with Crippen LogP contribution in [0.4, 0.5) is 11.5 Å². The van der Waals surface area contributed by atoms with E-state index in [1.807, 2.05) is 28.9 Å². The van der Waals surface area contributed by atoms with Crippen LogP contribution < -0.4 is 10.6 Å². The van der Waals surface area contributed by atoms with E-state index in [1.165, 1.54) is 18.9 Å². The number of aromatic nitrogens is 2. The van der Waals surface area contributed by atoms with E-state index in [9.17, 15) is 9.90 Å². The van der Waals surface area contributed by atoms with Crippen LogP contribution in [0.15, 0.2) is 52.8 Å². The smallest absolute Gasteiger partial charge is 0.183 e. The number of pyridine rings is 1. The molecule has 1 aliphatic carbocycles. The highest BCUT2D eigenvalue weighted by atomic mass is 16.3. The average Bonchev–Trinajstić information content (AvgIpc) is 3.38. The number of anilines is 1. The Morgan fingerprint density at radius 2 is 2.00 bits per heavy atom. The Bertz CT molecular complexity index is 1010. The molecule has 2 aromatic rings. The first-order chi connectivity index (χ1) is 14.7. The monoisotopic (exact) mass is 408 g/mol. The Hall–Kier alpha value is -2.97. The molecule has 1 aliphatic heterocycles. The summed E-state index contributed by atoms with van der Waals surface area (Å²) in [5.74, 6) is 0.663. The van der Waals surface area contributed by atoms with E-state index in [0.29, 0.717) is 23.5 Å². The van der Waals surface area contributed by atoms with Crippen LogP contribution in [0.25, 0.3) is 5.52 Å². The van der Waals surface area contributed by atoms with Gasteiger partial charge in [0.2, 0.25) is 0 Å². The van der Waals surface area contributed by atoms with Gasteiger partial charge in [-0.1, -0.05) is 6.07 Å². The zero-order chi connectivity index (χ0) is 20.9. The van der Waals surface area contributed by atoms with Crippen molar-refractivity contribution < 1.29 is 9.90 Å². The van der Waals surface area contributed by atoms with E-state index in [4.69, 9.17) is 4.99 Å². The topological polar surface area (TPSA) is 94.3 Å². The standard InChI is InChI=1S/C22H28N6O2/c1-16-14-18(17(15-20(16)30)23-8-13-29)25-21-19-6-2-3-11-28(19)26-22(21)24-7-12-27-9-4-5-10-27/h2-3,6,11,14-15,23,29H,4-5,7-10,12-13H2,1H3,(H,24,26). The number of ketones is 1. The first-order valence-corrected chi connectivity index (χ1v) is 10.5. The Kier molecular flexibility index (Phi) is 6.25. The third-order valence-electron chi connectivity index (χ3n) is 5.39. The predicted molar refractivity (Wildman–Crippen MR) is 118 cm³/mol. The Morgan fingerprint density at radius 3 is 2.80 bits per heavy atom. The van der Waals surface area contributed by atoms with Crippen molar-refractivity contribution in [2.45, 2.75) is 19.8 Å². The number of carbonyl (C=O) groups is 1. The van der Waals surface area contributed by atoms with E-state index in [0.717, 1.165) is 43.2 Å². The van der Waals surface area contributed by atoms with E-state index in [1.54, 1.807) is 13.0 Å². The first-order valence-electron chi connectivity index (χ1n) is 10.5. The van der Waals surface area contributed by atoms with Gasteiger partial charge in [0.25, 0.3) is 0 Å². The van der Waals surface area contributed by atoms with Crippen molar-refractivity contribution in [1.82, 2.24) is 19.8 Å². The van der Waals surface area contributed by atoms with Crippen molar-refractivity contribution >= 4 is 28.5 Å². The molecule has 8 heteroatoms. The minimum Gasteiger partial charge on any atom is -0.395 e. The van der Waals surface area contributed by atoms with E-state index >= 15 is 0 Å². The molecule has 3 N–H and O–H groups in total. The van der Waals surface area contributed by atoms with Crippen LogP contribution in [0.2, 0.25) is 0 Å². The van der Waals surface area contributed by atoms with Crippen LogP contribution in [0.1, 0.15) is 19.8 Å². The lowest BCUT2D eigenvalue weighted by Crippen LogP contribution is -2.26. The summed E-state index contributed by atoms with van der Waals surface area (Å²) in [5.41, 5.74) is 3.52. The van der Waals surface area contributed by atoms with Crippen LogP contribution in [0.3, 0.4) is 0 Å². The van der Waals surface area contributed by atoms with Gasteiger partial charge in [0.1, 0.15) is 5.69 Å². The molecule has 0 atom stereocenters. The molecule has 158 valence electrons. The summed E-state index contributed by atoms with van der Waals surface area (Å²) < 4.78 is 1.81. The minimum absolute atomic E-state index is 0.0263. The number of aliphatic hydroxyl groups excluding tert-OH is 1. The second-order valence-electron chi connectivity index (χ2n) is 7.60. The molecule has 1 saturated heterocycles. The second-order valence-corrected chi connectivity index (χ2v) is 7.60. The summed E-state index contributed by atoms with van der Waals surface area (Å²) in [4.78, 5) is 19.5. The number of hydrogen-bond donors (Lipinski definition) is 3. The molecule has 0 amide bonds. The fourth-order valence-electron chi connectivity index (χ4n) is 3.77. The van der Waals surface area contributed by atoms with E-state index in [2.05, 4.69) is 20.6 Å². The number of nitrogens with zero attached hydrogens (tertiary/aromatic N) is 4. The first kappa shape index (κ1) is 20.3. The third kappa shape index (κ3) is 4.44. The maximum atomic E-state index is 12.1. The van der Waals surface area contributed by atoms with Gasteiger partial charge < -0.3 is 20.6 Å². The molecule has 4 rings (SSSR count). The van der Waals surface area contributed by atoms with Crippen LogP contribution >= 0.6 is 0 Å². The average molecular weight is 409 g/mol. The van der Waals surface area contributed by atoms with Gasteiger partial charge in [-0.05, 0) is 56.6 Å². The molecule has 0 bridgehead atoms. The molecule has 2 aliphatic rings. The third-order valence-corrected chi connectivity index (χ3v) is 5.39. The number of nitrogens with one attached hydrogen (secondary N) is 2. The lowest BCUT2D eigenvalue weighted by atomic mass is 10.0. The van der Waals surface area contributed by atoms with Gasteiger partial charge in [0.15, 0.2) is 11.6 Å². The van der Waals surface area contributed by atoms with Gasteiger partial charge in [-0.2, -0.15) is 0 Å². The minimum atomic E-state index is -0.0572. The highest BCUT2D eigenvalue weighted by molar-refractivity contribution is 6.22. The summed E-state index contributed by atoms with van der Waals surface area (Å²) in [5, 5.41) is 20.4. The van der Waals surface area contributed by atoms with Crippen molar-refractivity contribution in [2.24, 2.45) is 4.99 Å². The molecule has 0 radical (unpaired) electrons. The van der Waals surface area contributed by atoms with E-state index in [-0.39, 0.29) is 12.4 Å². The normalized spacial score (nSPS) is 18.7. The summed E-state index contributed by atoms with van der Waals surface area (Å²) in [6, 6.07) is 5.87. The molecule has 3 heterocycles. The van der Waals surface area contributed by atoms with E-state index < -0.39 is 0 Å². The van der Waals surface area contributed by atoms with Crippen LogP contribution in [-0.2, 0) is 4.79 Å². The molecular formula is C22H28N6O2. The van der Waals surface area contributed by atoms with Crippen molar-refractivity contribution in [1.29, 1.82) is 0 Å². The zero-order valence-corrected chi connectivity index (χ0v) is 17.3. The molecule has 2 aromatic heterocycles. The number of carbonyl (C=O) groups excluding carboxylic acids is 1. The molecule has 8 nitrogen and oxygen atoms in total. The molecule has 1 fully saturated rings. The van der Waals surface area contributed by atoms with Crippen molar-refractivity contribution in [2.75, 3.05) is 44.6 Å². The summed E-state index contributed by atoms with van der Waals surface area (Å²) in [6.07, 6.45) is 7.76. The van der Waals surface area contributed by atoms with Gasteiger partial charge in [0, 0.05) is 31.9 Å². The zero-order valence-electron chi connectivity index (χ0n) is 17.3. The largest absolute Gasteiger partial charge is 0.395 e. The molecule has 0 unspecified atom stereocenters. The SMILES string of the molecule is CC1=CC(=Nc2c(NCCN3CCCC3)nn3ccccc23)C(NCCO)=CC1=O. The lowest BCUT2D eigenvalue weighted by molar-refractivity contribution is -0.111. The molecule has 0 saturated carbocycles. The summed E-state index contributed by atoms with van der Waals surface area (Å²) in [7, 11) is 0. The Labute approximate surface area is 176 Å². The molecule has 0 spiro atoms. The molecular weight excluding hydrogens is 380 g/mol. The molecule has 0 aromatic carbocycles. The number of rotatable bonds is 8.